The number of hydrogen-bond acceptors (Lipinski definition) is 3. The van der Waals surface area contributed by atoms with E-state index in [0.717, 1.165) is 29.4 Å². The Labute approximate surface area is 83.0 Å². The fourth-order valence-corrected chi connectivity index (χ4v) is 1.53. The smallest absolute Gasteiger partial charge is 0.116 e. The molecule has 0 radical (unpaired) electrons. The molecule has 14 heavy (non-hydrogen) atoms. The number of nitrogens with two attached hydrogens (primary N) is 1. The third-order valence-corrected chi connectivity index (χ3v) is 2.24. The standard InChI is InChI=1S/C11H13N3/c12-7-3-6-11-9-4-1-2-5-10(9)13-8-14-11/h1-2,4-5,8H,3,6-7,12H2. The maximum atomic E-state index is 5.48. The summed E-state index contributed by atoms with van der Waals surface area (Å²) in [6.45, 7) is 0.707. The largest absolute Gasteiger partial charge is 0.330 e. The molecule has 1 aromatic heterocycles. The van der Waals surface area contributed by atoms with Crippen molar-refractivity contribution in [1.82, 2.24) is 9.97 Å². The summed E-state index contributed by atoms with van der Waals surface area (Å²) in [4.78, 5) is 8.49. The topological polar surface area (TPSA) is 51.8 Å². The molecule has 2 aromatic rings. The summed E-state index contributed by atoms with van der Waals surface area (Å²) in [5.41, 5.74) is 7.58. The molecule has 0 amide bonds. The first-order valence-corrected chi connectivity index (χ1v) is 4.80. The quantitative estimate of drug-likeness (QED) is 0.792. The fourth-order valence-electron chi connectivity index (χ4n) is 1.53. The van der Waals surface area contributed by atoms with E-state index in [1.165, 1.54) is 0 Å². The molecule has 1 heterocycles. The van der Waals surface area contributed by atoms with Gasteiger partial charge in [-0.2, -0.15) is 0 Å². The Morgan fingerprint density at radius 3 is 2.86 bits per heavy atom. The number of hydrogen-bond donors (Lipinski definition) is 1. The first-order chi connectivity index (χ1) is 6.92. The number of benzene rings is 1. The molecule has 0 unspecified atom stereocenters. The number of para-hydroxylation sites is 1. The Balaban J connectivity index is 2.43. The van der Waals surface area contributed by atoms with Gasteiger partial charge in [0.15, 0.2) is 0 Å². The van der Waals surface area contributed by atoms with Crippen LogP contribution in [0.4, 0.5) is 0 Å². The fraction of sp³-hybridized carbons (Fsp3) is 0.273. The molecule has 2 rings (SSSR count). The average Bonchev–Trinajstić information content (AvgIpc) is 2.26. The van der Waals surface area contributed by atoms with E-state index in [-0.39, 0.29) is 0 Å². The Bertz CT molecular complexity index is 420. The molecule has 0 aliphatic carbocycles. The second-order valence-electron chi connectivity index (χ2n) is 3.23. The van der Waals surface area contributed by atoms with E-state index in [0.29, 0.717) is 6.54 Å². The highest BCUT2D eigenvalue weighted by Crippen LogP contribution is 2.14. The van der Waals surface area contributed by atoms with Crippen LogP contribution in [0.15, 0.2) is 30.6 Å². The van der Waals surface area contributed by atoms with E-state index in [9.17, 15) is 0 Å². The van der Waals surface area contributed by atoms with Crippen molar-refractivity contribution in [2.75, 3.05) is 6.54 Å². The normalized spacial score (nSPS) is 10.6. The second kappa shape index (κ2) is 4.15. The van der Waals surface area contributed by atoms with Gasteiger partial charge in [-0.05, 0) is 25.5 Å². The zero-order valence-electron chi connectivity index (χ0n) is 7.98. The molecule has 0 bridgehead atoms. The zero-order valence-corrected chi connectivity index (χ0v) is 7.98. The van der Waals surface area contributed by atoms with Crippen molar-refractivity contribution in [3.8, 4) is 0 Å². The summed E-state index contributed by atoms with van der Waals surface area (Å²) in [6.07, 6.45) is 3.52. The van der Waals surface area contributed by atoms with Crippen LogP contribution in [0.5, 0.6) is 0 Å². The Hall–Kier alpha value is -1.48. The Morgan fingerprint density at radius 2 is 2.00 bits per heavy atom. The third kappa shape index (κ3) is 1.72. The number of rotatable bonds is 3. The molecule has 0 aliphatic rings. The van der Waals surface area contributed by atoms with Crippen LogP contribution >= 0.6 is 0 Å². The summed E-state index contributed by atoms with van der Waals surface area (Å²) in [5, 5.41) is 1.14. The van der Waals surface area contributed by atoms with E-state index in [1.54, 1.807) is 6.33 Å². The lowest BCUT2D eigenvalue weighted by Crippen LogP contribution is -2.02. The highest BCUT2D eigenvalue weighted by Gasteiger charge is 2.01. The molecule has 3 heteroatoms. The Kier molecular flexibility index (Phi) is 2.70. The molecule has 0 saturated heterocycles. The summed E-state index contributed by atoms with van der Waals surface area (Å²) in [5.74, 6) is 0. The van der Waals surface area contributed by atoms with E-state index >= 15 is 0 Å². The summed E-state index contributed by atoms with van der Waals surface area (Å²) >= 11 is 0. The molecule has 0 saturated carbocycles. The van der Waals surface area contributed by atoms with Gasteiger partial charge in [-0.15, -0.1) is 0 Å². The lowest BCUT2D eigenvalue weighted by Gasteiger charge is -2.02. The van der Waals surface area contributed by atoms with Gasteiger partial charge in [-0.25, -0.2) is 9.97 Å². The van der Waals surface area contributed by atoms with Crippen LogP contribution in [0.25, 0.3) is 10.9 Å². The van der Waals surface area contributed by atoms with Crippen LogP contribution < -0.4 is 5.73 Å². The van der Waals surface area contributed by atoms with Gasteiger partial charge < -0.3 is 5.73 Å². The van der Waals surface area contributed by atoms with Gasteiger partial charge in [-0.1, -0.05) is 18.2 Å². The molecule has 72 valence electrons. The number of nitrogens with zero attached hydrogens (tertiary/aromatic N) is 2. The maximum Gasteiger partial charge on any atom is 0.116 e. The molecule has 0 fully saturated rings. The first-order valence-electron chi connectivity index (χ1n) is 4.80. The monoisotopic (exact) mass is 187 g/mol. The molecule has 0 aliphatic heterocycles. The van der Waals surface area contributed by atoms with Crippen LogP contribution in [-0.4, -0.2) is 16.5 Å². The number of aryl methyl sites for hydroxylation is 1. The van der Waals surface area contributed by atoms with E-state index in [4.69, 9.17) is 5.73 Å². The van der Waals surface area contributed by atoms with Crippen molar-refractivity contribution in [2.45, 2.75) is 12.8 Å². The highest BCUT2D eigenvalue weighted by atomic mass is 14.8. The molecule has 2 N–H and O–H groups in total. The van der Waals surface area contributed by atoms with Gasteiger partial charge in [0.1, 0.15) is 6.33 Å². The predicted molar refractivity (Wildman–Crippen MR) is 56.9 cm³/mol. The van der Waals surface area contributed by atoms with Crippen LogP contribution in [0.1, 0.15) is 12.1 Å². The summed E-state index contributed by atoms with van der Waals surface area (Å²) in [7, 11) is 0. The molecular formula is C11H13N3. The van der Waals surface area contributed by atoms with Crippen LogP contribution in [0, 0.1) is 0 Å². The van der Waals surface area contributed by atoms with Crippen LogP contribution in [0.2, 0.25) is 0 Å². The minimum absolute atomic E-state index is 0.707. The van der Waals surface area contributed by atoms with Gasteiger partial charge in [0, 0.05) is 5.39 Å². The van der Waals surface area contributed by atoms with Gasteiger partial charge in [0.25, 0.3) is 0 Å². The lowest BCUT2D eigenvalue weighted by atomic mass is 10.1. The average molecular weight is 187 g/mol. The SMILES string of the molecule is NCCCc1ncnc2ccccc12. The minimum Gasteiger partial charge on any atom is -0.330 e. The summed E-state index contributed by atoms with van der Waals surface area (Å²) in [6, 6.07) is 8.06. The molecule has 0 spiro atoms. The van der Waals surface area contributed by atoms with Gasteiger partial charge >= 0.3 is 0 Å². The van der Waals surface area contributed by atoms with E-state index < -0.39 is 0 Å². The van der Waals surface area contributed by atoms with E-state index in [1.807, 2.05) is 18.2 Å². The summed E-state index contributed by atoms with van der Waals surface area (Å²) < 4.78 is 0. The first kappa shape index (κ1) is 9.09. The van der Waals surface area contributed by atoms with E-state index in [2.05, 4.69) is 16.0 Å². The second-order valence-corrected chi connectivity index (χ2v) is 3.23. The van der Waals surface area contributed by atoms with Crippen LogP contribution in [-0.2, 0) is 6.42 Å². The van der Waals surface area contributed by atoms with Gasteiger partial charge in [0.2, 0.25) is 0 Å². The van der Waals surface area contributed by atoms with Gasteiger partial charge in [0.05, 0.1) is 11.2 Å². The number of aromatic nitrogens is 2. The van der Waals surface area contributed by atoms with Crippen molar-refractivity contribution in [3.05, 3.63) is 36.3 Å². The van der Waals surface area contributed by atoms with Gasteiger partial charge in [-0.3, -0.25) is 0 Å². The molecular weight excluding hydrogens is 174 g/mol. The predicted octanol–water partition coefficient (Wildman–Crippen LogP) is 1.52. The third-order valence-electron chi connectivity index (χ3n) is 2.24. The van der Waals surface area contributed by atoms with Crippen molar-refractivity contribution in [1.29, 1.82) is 0 Å². The maximum absolute atomic E-state index is 5.48. The minimum atomic E-state index is 0.707. The molecule has 3 nitrogen and oxygen atoms in total. The number of fused-ring (bicyclic) bond motifs is 1. The van der Waals surface area contributed by atoms with Crippen molar-refractivity contribution in [2.24, 2.45) is 5.73 Å². The Morgan fingerprint density at radius 1 is 1.14 bits per heavy atom. The van der Waals surface area contributed by atoms with Crippen molar-refractivity contribution < 1.29 is 0 Å². The van der Waals surface area contributed by atoms with Crippen LogP contribution in [0.3, 0.4) is 0 Å². The molecule has 1 aromatic carbocycles. The lowest BCUT2D eigenvalue weighted by molar-refractivity contribution is 0.814. The van der Waals surface area contributed by atoms with Crippen molar-refractivity contribution in [3.63, 3.8) is 0 Å². The zero-order chi connectivity index (χ0) is 9.80. The highest BCUT2D eigenvalue weighted by molar-refractivity contribution is 5.80. The molecule has 0 atom stereocenters. The van der Waals surface area contributed by atoms with Crippen molar-refractivity contribution >= 4 is 10.9 Å².